The molecule has 0 aliphatic heterocycles. The second kappa shape index (κ2) is 11.1. The van der Waals surface area contributed by atoms with Gasteiger partial charge in [-0.05, 0) is 56.5 Å². The van der Waals surface area contributed by atoms with Crippen LogP contribution in [0.1, 0.15) is 18.4 Å². The fourth-order valence-electron chi connectivity index (χ4n) is 2.28. The summed E-state index contributed by atoms with van der Waals surface area (Å²) in [5.41, 5.74) is 1.30. The van der Waals surface area contributed by atoms with Crippen LogP contribution in [0.25, 0.3) is 0 Å². The SMILES string of the molecule is CNCC(CCCOCCOC)Cc1cccc(Cl)c1. The number of methoxy groups -OCH3 is 1. The van der Waals surface area contributed by atoms with Crippen molar-refractivity contribution in [3.63, 3.8) is 0 Å². The van der Waals surface area contributed by atoms with E-state index in [9.17, 15) is 0 Å². The first-order valence-corrected chi connectivity index (χ1v) is 7.59. The maximum atomic E-state index is 6.03. The molecule has 1 N–H and O–H groups in total. The maximum Gasteiger partial charge on any atom is 0.0700 e. The van der Waals surface area contributed by atoms with Crippen molar-refractivity contribution in [3.8, 4) is 0 Å². The molecule has 0 aliphatic rings. The van der Waals surface area contributed by atoms with Crippen LogP contribution in [0.15, 0.2) is 24.3 Å². The molecular weight excluding hydrogens is 274 g/mol. The molecule has 0 radical (unpaired) electrons. The standard InChI is InChI=1S/C16H26ClNO2/c1-18-13-15(6-4-8-20-10-9-19-2)11-14-5-3-7-16(17)12-14/h3,5,7,12,15,18H,4,6,8-11,13H2,1-2H3. The molecular formula is C16H26ClNO2. The third kappa shape index (κ3) is 7.85. The predicted octanol–water partition coefficient (Wildman–Crippen LogP) is 3.16. The molecule has 0 bridgehead atoms. The molecule has 1 aromatic rings. The Bertz CT molecular complexity index is 360. The average molecular weight is 300 g/mol. The molecule has 0 heterocycles. The van der Waals surface area contributed by atoms with Crippen LogP contribution < -0.4 is 5.32 Å². The molecule has 20 heavy (non-hydrogen) atoms. The van der Waals surface area contributed by atoms with Crippen molar-refractivity contribution in [2.45, 2.75) is 19.3 Å². The van der Waals surface area contributed by atoms with Gasteiger partial charge in [0.2, 0.25) is 0 Å². The van der Waals surface area contributed by atoms with Crippen molar-refractivity contribution in [2.75, 3.05) is 40.5 Å². The molecule has 1 rings (SSSR count). The van der Waals surface area contributed by atoms with Gasteiger partial charge in [0.25, 0.3) is 0 Å². The van der Waals surface area contributed by atoms with E-state index >= 15 is 0 Å². The molecule has 1 atom stereocenters. The summed E-state index contributed by atoms with van der Waals surface area (Å²) in [7, 11) is 3.69. The first kappa shape index (κ1) is 17.4. The Labute approximate surface area is 127 Å². The Hall–Kier alpha value is -0.610. The van der Waals surface area contributed by atoms with Crippen LogP contribution in [0, 0.1) is 5.92 Å². The van der Waals surface area contributed by atoms with Gasteiger partial charge >= 0.3 is 0 Å². The van der Waals surface area contributed by atoms with Crippen LogP contribution in [0.5, 0.6) is 0 Å². The normalized spacial score (nSPS) is 12.6. The zero-order chi connectivity index (χ0) is 14.6. The summed E-state index contributed by atoms with van der Waals surface area (Å²) in [6.07, 6.45) is 3.29. The minimum Gasteiger partial charge on any atom is -0.382 e. The molecule has 0 aromatic heterocycles. The predicted molar refractivity (Wildman–Crippen MR) is 84.5 cm³/mol. The highest BCUT2D eigenvalue weighted by atomic mass is 35.5. The highest BCUT2D eigenvalue weighted by Gasteiger charge is 2.09. The second-order valence-corrected chi connectivity index (χ2v) is 5.44. The van der Waals surface area contributed by atoms with Crippen LogP contribution in [0.3, 0.4) is 0 Å². The highest BCUT2D eigenvalue weighted by molar-refractivity contribution is 6.30. The monoisotopic (exact) mass is 299 g/mol. The van der Waals surface area contributed by atoms with Crippen molar-refractivity contribution in [2.24, 2.45) is 5.92 Å². The zero-order valence-corrected chi connectivity index (χ0v) is 13.3. The Kier molecular flexibility index (Phi) is 9.67. The average Bonchev–Trinajstić information content (AvgIpc) is 2.43. The fraction of sp³-hybridized carbons (Fsp3) is 0.625. The molecule has 4 heteroatoms. The molecule has 1 aromatic carbocycles. The first-order chi connectivity index (χ1) is 9.76. The van der Waals surface area contributed by atoms with Crippen molar-refractivity contribution in [3.05, 3.63) is 34.9 Å². The Morgan fingerprint density at radius 2 is 2.10 bits per heavy atom. The number of ether oxygens (including phenoxy) is 2. The third-order valence-corrected chi connectivity index (χ3v) is 3.47. The number of hydrogen-bond acceptors (Lipinski definition) is 3. The summed E-state index contributed by atoms with van der Waals surface area (Å²) in [5, 5.41) is 4.08. The van der Waals surface area contributed by atoms with E-state index in [1.54, 1.807) is 7.11 Å². The Balaban J connectivity index is 2.29. The van der Waals surface area contributed by atoms with Gasteiger partial charge in [-0.2, -0.15) is 0 Å². The number of rotatable bonds is 11. The van der Waals surface area contributed by atoms with E-state index in [2.05, 4.69) is 17.4 Å². The lowest BCUT2D eigenvalue weighted by Crippen LogP contribution is -2.21. The summed E-state index contributed by atoms with van der Waals surface area (Å²) in [6, 6.07) is 8.13. The highest BCUT2D eigenvalue weighted by Crippen LogP contribution is 2.17. The Morgan fingerprint density at radius 1 is 1.25 bits per heavy atom. The lowest BCUT2D eigenvalue weighted by Gasteiger charge is -2.17. The van der Waals surface area contributed by atoms with E-state index in [0.717, 1.165) is 37.4 Å². The number of nitrogens with one attached hydrogen (secondary N) is 1. The van der Waals surface area contributed by atoms with E-state index in [1.807, 2.05) is 19.2 Å². The van der Waals surface area contributed by atoms with E-state index in [0.29, 0.717) is 19.1 Å². The quantitative estimate of drug-likeness (QED) is 0.637. The van der Waals surface area contributed by atoms with Crippen LogP contribution in [0.4, 0.5) is 0 Å². The summed E-state index contributed by atoms with van der Waals surface area (Å²) in [6.45, 7) is 3.17. The van der Waals surface area contributed by atoms with Gasteiger partial charge in [0.1, 0.15) is 0 Å². The van der Waals surface area contributed by atoms with Gasteiger partial charge in [0.15, 0.2) is 0 Å². The van der Waals surface area contributed by atoms with Gasteiger partial charge in [-0.15, -0.1) is 0 Å². The molecule has 0 amide bonds. The number of benzene rings is 1. The van der Waals surface area contributed by atoms with E-state index in [1.165, 1.54) is 5.56 Å². The van der Waals surface area contributed by atoms with Crippen LogP contribution >= 0.6 is 11.6 Å². The smallest absolute Gasteiger partial charge is 0.0700 e. The topological polar surface area (TPSA) is 30.5 Å². The van der Waals surface area contributed by atoms with Crippen LogP contribution in [-0.4, -0.2) is 40.5 Å². The summed E-state index contributed by atoms with van der Waals surface area (Å²) >= 11 is 6.03. The van der Waals surface area contributed by atoms with Gasteiger partial charge in [-0.1, -0.05) is 23.7 Å². The van der Waals surface area contributed by atoms with Crippen molar-refractivity contribution in [1.82, 2.24) is 5.32 Å². The van der Waals surface area contributed by atoms with Gasteiger partial charge in [0.05, 0.1) is 13.2 Å². The summed E-state index contributed by atoms with van der Waals surface area (Å²) in [4.78, 5) is 0. The lowest BCUT2D eigenvalue weighted by molar-refractivity contribution is 0.0672. The van der Waals surface area contributed by atoms with Gasteiger partial charge in [-0.3, -0.25) is 0 Å². The van der Waals surface area contributed by atoms with Crippen LogP contribution in [0.2, 0.25) is 5.02 Å². The minimum absolute atomic E-state index is 0.615. The molecule has 3 nitrogen and oxygen atoms in total. The second-order valence-electron chi connectivity index (χ2n) is 5.01. The molecule has 0 fully saturated rings. The van der Waals surface area contributed by atoms with Crippen molar-refractivity contribution >= 4 is 11.6 Å². The molecule has 0 saturated heterocycles. The molecule has 0 spiro atoms. The number of halogens is 1. The first-order valence-electron chi connectivity index (χ1n) is 7.22. The third-order valence-electron chi connectivity index (χ3n) is 3.24. The fourth-order valence-corrected chi connectivity index (χ4v) is 2.49. The van der Waals surface area contributed by atoms with Crippen LogP contribution in [-0.2, 0) is 15.9 Å². The van der Waals surface area contributed by atoms with Gasteiger partial charge in [-0.25, -0.2) is 0 Å². The summed E-state index contributed by atoms with van der Waals surface area (Å²) in [5.74, 6) is 0.615. The largest absolute Gasteiger partial charge is 0.382 e. The van der Waals surface area contributed by atoms with Gasteiger partial charge < -0.3 is 14.8 Å². The Morgan fingerprint density at radius 3 is 2.80 bits per heavy atom. The van der Waals surface area contributed by atoms with E-state index < -0.39 is 0 Å². The molecule has 114 valence electrons. The van der Waals surface area contributed by atoms with E-state index in [-0.39, 0.29) is 0 Å². The number of hydrogen-bond donors (Lipinski definition) is 1. The zero-order valence-electron chi connectivity index (χ0n) is 12.5. The minimum atomic E-state index is 0.615. The molecule has 1 unspecified atom stereocenters. The summed E-state index contributed by atoms with van der Waals surface area (Å²) < 4.78 is 10.5. The van der Waals surface area contributed by atoms with Crippen molar-refractivity contribution < 1.29 is 9.47 Å². The lowest BCUT2D eigenvalue weighted by atomic mass is 9.95. The van der Waals surface area contributed by atoms with Crippen molar-refractivity contribution in [1.29, 1.82) is 0 Å². The maximum absolute atomic E-state index is 6.03. The van der Waals surface area contributed by atoms with E-state index in [4.69, 9.17) is 21.1 Å². The molecule has 0 aliphatic carbocycles. The molecule has 0 saturated carbocycles. The van der Waals surface area contributed by atoms with Gasteiger partial charge in [0, 0.05) is 18.7 Å².